The average molecular weight is 231 g/mol. The number of carbonyl (C=O) groups excluding carboxylic acids is 1. The van der Waals surface area contributed by atoms with Gasteiger partial charge in [-0.15, -0.1) is 0 Å². The Labute approximate surface area is 101 Å². The van der Waals surface area contributed by atoms with Gasteiger partial charge in [-0.2, -0.15) is 0 Å². The number of para-hydroxylation sites is 1. The molecule has 1 saturated heterocycles. The van der Waals surface area contributed by atoms with Crippen molar-refractivity contribution in [3.05, 3.63) is 35.9 Å². The highest BCUT2D eigenvalue weighted by atomic mass is 16.3. The zero-order valence-electron chi connectivity index (χ0n) is 9.80. The molecular formula is C14H17NO2. The van der Waals surface area contributed by atoms with Crippen molar-refractivity contribution < 1.29 is 9.90 Å². The summed E-state index contributed by atoms with van der Waals surface area (Å²) < 4.78 is 0. The van der Waals surface area contributed by atoms with Gasteiger partial charge in [0.05, 0.1) is 5.70 Å². The van der Waals surface area contributed by atoms with E-state index < -0.39 is 0 Å². The summed E-state index contributed by atoms with van der Waals surface area (Å²) in [5, 5.41) is 9.85. The first-order valence-electron chi connectivity index (χ1n) is 6.01. The number of likely N-dealkylation sites (tertiary alicyclic amines) is 1. The number of piperidine rings is 1. The first-order valence-corrected chi connectivity index (χ1v) is 6.01. The van der Waals surface area contributed by atoms with Gasteiger partial charge in [0.25, 0.3) is 0 Å². The van der Waals surface area contributed by atoms with Crippen molar-refractivity contribution in [2.24, 2.45) is 0 Å². The molecule has 1 aliphatic heterocycles. The van der Waals surface area contributed by atoms with E-state index in [0.717, 1.165) is 43.5 Å². The summed E-state index contributed by atoms with van der Waals surface area (Å²) in [6.07, 6.45) is 5.86. The lowest BCUT2D eigenvalue weighted by molar-refractivity contribution is -0.104. The highest BCUT2D eigenvalue weighted by molar-refractivity contribution is 5.82. The van der Waals surface area contributed by atoms with E-state index in [9.17, 15) is 9.90 Å². The van der Waals surface area contributed by atoms with Crippen molar-refractivity contribution in [1.82, 2.24) is 4.90 Å². The molecule has 0 aromatic heterocycles. The second-order valence-corrected chi connectivity index (χ2v) is 4.25. The fourth-order valence-electron chi connectivity index (χ4n) is 2.26. The highest BCUT2D eigenvalue weighted by Gasteiger charge is 2.16. The van der Waals surface area contributed by atoms with Crippen LogP contribution in [0.25, 0.3) is 5.70 Å². The Kier molecular flexibility index (Phi) is 3.81. The van der Waals surface area contributed by atoms with Gasteiger partial charge in [-0.25, -0.2) is 0 Å². The van der Waals surface area contributed by atoms with E-state index in [-0.39, 0.29) is 5.75 Å². The third-order valence-corrected chi connectivity index (χ3v) is 3.10. The van der Waals surface area contributed by atoms with Gasteiger partial charge in [0, 0.05) is 24.7 Å². The molecule has 3 nitrogen and oxygen atoms in total. The van der Waals surface area contributed by atoms with Crippen molar-refractivity contribution in [3.8, 4) is 5.75 Å². The molecule has 1 aromatic rings. The van der Waals surface area contributed by atoms with Gasteiger partial charge in [0.1, 0.15) is 12.0 Å². The monoisotopic (exact) mass is 231 g/mol. The minimum absolute atomic E-state index is 0.228. The average Bonchev–Trinajstić information content (AvgIpc) is 2.38. The van der Waals surface area contributed by atoms with E-state index in [0.29, 0.717) is 0 Å². The lowest BCUT2D eigenvalue weighted by Gasteiger charge is -2.31. The molecule has 0 saturated carbocycles. The lowest BCUT2D eigenvalue weighted by Crippen LogP contribution is -2.28. The summed E-state index contributed by atoms with van der Waals surface area (Å²) in [5.41, 5.74) is 1.57. The maximum atomic E-state index is 10.8. The summed E-state index contributed by atoms with van der Waals surface area (Å²) in [6, 6.07) is 7.16. The summed E-state index contributed by atoms with van der Waals surface area (Å²) in [6.45, 7) is 1.90. The zero-order valence-corrected chi connectivity index (χ0v) is 9.80. The molecule has 0 aliphatic carbocycles. The standard InChI is InChI=1S/C14H17NO2/c16-11-8-13(15-9-4-1-5-10-15)12-6-2-3-7-14(12)17/h2-3,6-8,11,17H,1,4-5,9-10H2/b13-8+. The third-order valence-electron chi connectivity index (χ3n) is 3.10. The van der Waals surface area contributed by atoms with Crippen LogP contribution in [0.3, 0.4) is 0 Å². The zero-order chi connectivity index (χ0) is 12.1. The SMILES string of the molecule is O=C/C=C(\c1ccccc1O)N1CCCCC1. The van der Waals surface area contributed by atoms with Crippen LogP contribution in [0.15, 0.2) is 30.3 Å². The quantitative estimate of drug-likeness (QED) is 0.641. The molecule has 2 rings (SSSR count). The topological polar surface area (TPSA) is 40.5 Å². The molecule has 3 heteroatoms. The normalized spacial score (nSPS) is 16.9. The molecule has 90 valence electrons. The first-order chi connectivity index (χ1) is 8.33. The minimum atomic E-state index is 0.228. The molecule has 1 fully saturated rings. The van der Waals surface area contributed by atoms with Crippen LogP contribution >= 0.6 is 0 Å². The first kappa shape index (κ1) is 11.7. The van der Waals surface area contributed by atoms with E-state index in [1.54, 1.807) is 18.2 Å². The Bertz CT molecular complexity index is 420. The molecule has 1 aliphatic rings. The van der Waals surface area contributed by atoms with Crippen LogP contribution in [-0.2, 0) is 4.79 Å². The maximum Gasteiger partial charge on any atom is 0.144 e. The van der Waals surface area contributed by atoms with E-state index in [2.05, 4.69) is 4.90 Å². The number of phenolic OH excluding ortho intramolecular Hbond substituents is 1. The summed E-state index contributed by atoms with van der Waals surface area (Å²) >= 11 is 0. The number of carbonyl (C=O) groups is 1. The lowest BCUT2D eigenvalue weighted by atomic mass is 10.1. The molecule has 1 heterocycles. The van der Waals surface area contributed by atoms with Gasteiger partial charge >= 0.3 is 0 Å². The van der Waals surface area contributed by atoms with Crippen LogP contribution in [-0.4, -0.2) is 29.4 Å². The highest BCUT2D eigenvalue weighted by Crippen LogP contribution is 2.29. The number of phenols is 1. The second-order valence-electron chi connectivity index (χ2n) is 4.25. The van der Waals surface area contributed by atoms with E-state index in [1.165, 1.54) is 6.42 Å². The van der Waals surface area contributed by atoms with Crippen LogP contribution in [0.5, 0.6) is 5.75 Å². The Morgan fingerprint density at radius 3 is 2.53 bits per heavy atom. The molecule has 1 N–H and O–H groups in total. The molecule has 0 radical (unpaired) electrons. The van der Waals surface area contributed by atoms with E-state index in [1.807, 2.05) is 12.1 Å². The molecule has 0 spiro atoms. The fraction of sp³-hybridized carbons (Fsp3) is 0.357. The summed E-state index contributed by atoms with van der Waals surface area (Å²) in [5.74, 6) is 0.228. The Balaban J connectivity index is 2.32. The fourth-order valence-corrected chi connectivity index (χ4v) is 2.26. The Morgan fingerprint density at radius 1 is 1.18 bits per heavy atom. The minimum Gasteiger partial charge on any atom is -0.507 e. The Morgan fingerprint density at radius 2 is 1.88 bits per heavy atom. The molecule has 0 atom stereocenters. The largest absolute Gasteiger partial charge is 0.507 e. The van der Waals surface area contributed by atoms with E-state index >= 15 is 0 Å². The number of aldehydes is 1. The molecule has 0 amide bonds. The molecule has 0 bridgehead atoms. The second kappa shape index (κ2) is 5.53. The van der Waals surface area contributed by atoms with E-state index in [4.69, 9.17) is 0 Å². The molecule has 1 aromatic carbocycles. The summed E-state index contributed by atoms with van der Waals surface area (Å²) in [4.78, 5) is 12.9. The van der Waals surface area contributed by atoms with Crippen molar-refractivity contribution in [2.45, 2.75) is 19.3 Å². The smallest absolute Gasteiger partial charge is 0.144 e. The van der Waals surface area contributed by atoms with Crippen LogP contribution in [0, 0.1) is 0 Å². The van der Waals surface area contributed by atoms with Gasteiger partial charge < -0.3 is 10.0 Å². The van der Waals surface area contributed by atoms with Crippen LogP contribution in [0.4, 0.5) is 0 Å². The third kappa shape index (κ3) is 2.67. The van der Waals surface area contributed by atoms with Gasteiger partial charge in [-0.1, -0.05) is 12.1 Å². The van der Waals surface area contributed by atoms with Crippen LogP contribution < -0.4 is 0 Å². The van der Waals surface area contributed by atoms with Gasteiger partial charge in [0.2, 0.25) is 0 Å². The number of rotatable bonds is 3. The predicted octanol–water partition coefficient (Wildman–Crippen LogP) is 2.42. The maximum absolute atomic E-state index is 10.8. The van der Waals surface area contributed by atoms with Gasteiger partial charge in [-0.05, 0) is 31.4 Å². The summed E-state index contributed by atoms with van der Waals surface area (Å²) in [7, 11) is 0. The van der Waals surface area contributed by atoms with Gasteiger partial charge in [-0.3, -0.25) is 4.79 Å². The number of allylic oxidation sites excluding steroid dienone is 1. The predicted molar refractivity (Wildman–Crippen MR) is 67.6 cm³/mol. The number of nitrogens with zero attached hydrogens (tertiary/aromatic N) is 1. The van der Waals surface area contributed by atoms with Gasteiger partial charge in [0.15, 0.2) is 0 Å². The molecule has 0 unspecified atom stereocenters. The Hall–Kier alpha value is -1.77. The van der Waals surface area contributed by atoms with Crippen molar-refractivity contribution in [3.63, 3.8) is 0 Å². The van der Waals surface area contributed by atoms with Crippen LogP contribution in [0.2, 0.25) is 0 Å². The number of aromatic hydroxyl groups is 1. The number of hydrogen-bond donors (Lipinski definition) is 1. The number of hydrogen-bond acceptors (Lipinski definition) is 3. The van der Waals surface area contributed by atoms with Crippen molar-refractivity contribution in [1.29, 1.82) is 0 Å². The van der Waals surface area contributed by atoms with Crippen LogP contribution in [0.1, 0.15) is 24.8 Å². The van der Waals surface area contributed by atoms with Crippen molar-refractivity contribution in [2.75, 3.05) is 13.1 Å². The van der Waals surface area contributed by atoms with Crippen molar-refractivity contribution >= 4 is 12.0 Å². The molecule has 17 heavy (non-hydrogen) atoms. The molecular weight excluding hydrogens is 214 g/mol. The number of benzene rings is 1.